The maximum absolute atomic E-state index is 13.3. The average Bonchev–Trinajstić information content (AvgIpc) is 2.22. The Bertz CT molecular complexity index is 534. The van der Waals surface area contributed by atoms with Gasteiger partial charge in [0.1, 0.15) is 5.82 Å². The van der Waals surface area contributed by atoms with Crippen LogP contribution in [0.3, 0.4) is 0 Å². The van der Waals surface area contributed by atoms with E-state index in [0.29, 0.717) is 24.7 Å². The monoisotopic (exact) mass is 256 g/mol. The molecule has 0 bridgehead atoms. The first-order valence-electron chi connectivity index (χ1n) is 5.34. The zero-order chi connectivity index (χ0) is 13.3. The van der Waals surface area contributed by atoms with Gasteiger partial charge in [0.05, 0.1) is 5.69 Å². The van der Waals surface area contributed by atoms with Gasteiger partial charge in [0, 0.05) is 30.8 Å². The number of nitrogens with one attached hydrogen (secondary N) is 2. The molecule has 1 amide bonds. The predicted molar refractivity (Wildman–Crippen MR) is 60.5 cm³/mol. The molecule has 0 atom stereocenters. The molecule has 0 aromatic heterocycles. The highest BCUT2D eigenvalue weighted by Crippen LogP contribution is 2.20. The van der Waals surface area contributed by atoms with Crippen molar-refractivity contribution in [1.82, 2.24) is 5.32 Å². The molecular weight excluding hydrogens is 245 g/mol. The highest BCUT2D eigenvalue weighted by atomic mass is 19.2. The summed E-state index contributed by atoms with van der Waals surface area (Å²) >= 11 is 0. The van der Waals surface area contributed by atoms with Gasteiger partial charge in [-0.1, -0.05) is 0 Å². The maximum atomic E-state index is 13.3. The van der Waals surface area contributed by atoms with Crippen molar-refractivity contribution < 1.29 is 18.0 Å². The second-order valence-electron chi connectivity index (χ2n) is 4.04. The molecular formula is C12H11F3N2O. The number of hydrogen-bond donors (Lipinski definition) is 2. The lowest BCUT2D eigenvalue weighted by Gasteiger charge is -2.21. The van der Waals surface area contributed by atoms with Crippen LogP contribution in [-0.4, -0.2) is 19.0 Å². The van der Waals surface area contributed by atoms with Crippen LogP contribution in [0, 0.1) is 17.5 Å². The van der Waals surface area contributed by atoms with Gasteiger partial charge in [-0.05, 0) is 12.5 Å². The Labute approximate surface area is 102 Å². The zero-order valence-electron chi connectivity index (χ0n) is 9.61. The van der Waals surface area contributed by atoms with E-state index in [2.05, 4.69) is 10.6 Å². The maximum Gasteiger partial charge on any atom is 0.251 e. The SMILES string of the molecule is CC(C(=O)Nc1cc(F)cc(F)c1F)=C1CNC1. The third kappa shape index (κ3) is 2.38. The van der Waals surface area contributed by atoms with Crippen LogP contribution in [0.5, 0.6) is 0 Å². The molecule has 0 spiro atoms. The van der Waals surface area contributed by atoms with E-state index in [1.54, 1.807) is 6.92 Å². The number of carbonyl (C=O) groups is 1. The number of benzene rings is 1. The van der Waals surface area contributed by atoms with E-state index in [1.807, 2.05) is 0 Å². The summed E-state index contributed by atoms with van der Waals surface area (Å²) in [6, 6.07) is 1.17. The summed E-state index contributed by atoms with van der Waals surface area (Å²) in [7, 11) is 0. The molecule has 0 radical (unpaired) electrons. The summed E-state index contributed by atoms with van der Waals surface area (Å²) in [5.74, 6) is -4.11. The van der Waals surface area contributed by atoms with Gasteiger partial charge in [0.15, 0.2) is 11.6 Å². The Morgan fingerprint density at radius 3 is 2.50 bits per heavy atom. The number of hydrogen-bond acceptors (Lipinski definition) is 2. The summed E-state index contributed by atoms with van der Waals surface area (Å²) in [5.41, 5.74) is 0.826. The van der Waals surface area contributed by atoms with E-state index in [1.165, 1.54) is 0 Å². The summed E-state index contributed by atoms with van der Waals surface area (Å²) in [6.45, 7) is 2.78. The average molecular weight is 256 g/mol. The summed E-state index contributed by atoms with van der Waals surface area (Å²) in [6.07, 6.45) is 0. The lowest BCUT2D eigenvalue weighted by atomic mass is 10.0. The van der Waals surface area contributed by atoms with Gasteiger partial charge in [0.2, 0.25) is 0 Å². The summed E-state index contributed by atoms with van der Waals surface area (Å²) < 4.78 is 39.2. The smallest absolute Gasteiger partial charge is 0.251 e. The van der Waals surface area contributed by atoms with Crippen molar-refractivity contribution in [3.05, 3.63) is 40.7 Å². The van der Waals surface area contributed by atoms with Crippen LogP contribution in [0.15, 0.2) is 23.3 Å². The molecule has 6 heteroatoms. The Hall–Kier alpha value is -1.82. The molecule has 18 heavy (non-hydrogen) atoms. The molecule has 1 fully saturated rings. The minimum absolute atomic E-state index is 0.423. The topological polar surface area (TPSA) is 41.1 Å². The Kier molecular flexibility index (Phi) is 3.38. The molecule has 3 nitrogen and oxygen atoms in total. The number of rotatable bonds is 2. The minimum Gasteiger partial charge on any atom is -0.320 e. The number of amides is 1. The Balaban J connectivity index is 2.22. The molecule has 96 valence electrons. The standard InChI is InChI=1S/C12H11F3N2O/c1-6(7-4-16-5-7)12(18)17-10-3-8(13)2-9(14)11(10)15/h2-3,16H,4-5H2,1H3,(H,17,18). The normalized spacial score (nSPS) is 14.1. The van der Waals surface area contributed by atoms with Gasteiger partial charge in [-0.2, -0.15) is 0 Å². The molecule has 2 N–H and O–H groups in total. The third-order valence-electron chi connectivity index (χ3n) is 2.79. The van der Waals surface area contributed by atoms with Crippen LogP contribution in [0.2, 0.25) is 0 Å². The Morgan fingerprint density at radius 1 is 1.28 bits per heavy atom. The second-order valence-corrected chi connectivity index (χ2v) is 4.04. The molecule has 0 saturated carbocycles. The molecule has 1 heterocycles. The van der Waals surface area contributed by atoms with Crippen LogP contribution in [-0.2, 0) is 4.79 Å². The first-order valence-corrected chi connectivity index (χ1v) is 5.34. The van der Waals surface area contributed by atoms with Crippen molar-refractivity contribution in [2.24, 2.45) is 0 Å². The fourth-order valence-corrected chi connectivity index (χ4v) is 1.54. The van der Waals surface area contributed by atoms with E-state index in [0.717, 1.165) is 11.6 Å². The molecule has 1 aromatic carbocycles. The number of carbonyl (C=O) groups excluding carboxylic acids is 1. The fraction of sp³-hybridized carbons (Fsp3) is 0.250. The van der Waals surface area contributed by atoms with Crippen molar-refractivity contribution in [3.8, 4) is 0 Å². The van der Waals surface area contributed by atoms with E-state index in [-0.39, 0.29) is 0 Å². The minimum atomic E-state index is -1.33. The predicted octanol–water partition coefficient (Wildman–Crippen LogP) is 1.96. The van der Waals surface area contributed by atoms with Gasteiger partial charge >= 0.3 is 0 Å². The Morgan fingerprint density at radius 2 is 1.94 bits per heavy atom. The molecule has 1 saturated heterocycles. The first-order chi connectivity index (χ1) is 8.49. The third-order valence-corrected chi connectivity index (χ3v) is 2.79. The molecule has 1 aliphatic heterocycles. The van der Waals surface area contributed by atoms with Crippen molar-refractivity contribution in [2.45, 2.75) is 6.92 Å². The number of anilines is 1. The molecule has 0 aliphatic carbocycles. The van der Waals surface area contributed by atoms with Crippen LogP contribution in [0.25, 0.3) is 0 Å². The second kappa shape index (κ2) is 4.81. The largest absolute Gasteiger partial charge is 0.320 e. The van der Waals surface area contributed by atoms with E-state index in [9.17, 15) is 18.0 Å². The van der Waals surface area contributed by atoms with Crippen LogP contribution in [0.4, 0.5) is 18.9 Å². The van der Waals surface area contributed by atoms with Crippen LogP contribution in [0.1, 0.15) is 6.92 Å². The van der Waals surface area contributed by atoms with Crippen molar-refractivity contribution in [2.75, 3.05) is 18.4 Å². The van der Waals surface area contributed by atoms with Crippen LogP contribution >= 0.6 is 0 Å². The quantitative estimate of drug-likeness (QED) is 0.627. The van der Waals surface area contributed by atoms with Crippen LogP contribution < -0.4 is 10.6 Å². The lowest BCUT2D eigenvalue weighted by Crippen LogP contribution is -2.36. The van der Waals surface area contributed by atoms with Gasteiger partial charge in [-0.25, -0.2) is 13.2 Å². The molecule has 2 rings (SSSR count). The highest BCUT2D eigenvalue weighted by molar-refractivity contribution is 6.04. The van der Waals surface area contributed by atoms with E-state index < -0.39 is 29.0 Å². The van der Waals surface area contributed by atoms with Crippen molar-refractivity contribution in [1.29, 1.82) is 0 Å². The van der Waals surface area contributed by atoms with Crippen molar-refractivity contribution in [3.63, 3.8) is 0 Å². The van der Waals surface area contributed by atoms with Gasteiger partial charge in [-0.15, -0.1) is 0 Å². The summed E-state index contributed by atoms with van der Waals surface area (Å²) in [4.78, 5) is 11.7. The van der Waals surface area contributed by atoms with Crippen molar-refractivity contribution >= 4 is 11.6 Å². The first kappa shape index (κ1) is 12.6. The lowest BCUT2D eigenvalue weighted by molar-refractivity contribution is -0.112. The van der Waals surface area contributed by atoms with Gasteiger partial charge < -0.3 is 10.6 Å². The van der Waals surface area contributed by atoms with E-state index in [4.69, 9.17) is 0 Å². The molecule has 0 unspecified atom stereocenters. The molecule has 1 aromatic rings. The van der Waals surface area contributed by atoms with Gasteiger partial charge in [0.25, 0.3) is 5.91 Å². The highest BCUT2D eigenvalue weighted by Gasteiger charge is 2.18. The molecule has 1 aliphatic rings. The van der Waals surface area contributed by atoms with E-state index >= 15 is 0 Å². The number of halogens is 3. The zero-order valence-corrected chi connectivity index (χ0v) is 9.61. The fourth-order valence-electron chi connectivity index (χ4n) is 1.54. The van der Waals surface area contributed by atoms with Gasteiger partial charge in [-0.3, -0.25) is 4.79 Å². The summed E-state index contributed by atoms with van der Waals surface area (Å²) in [5, 5.41) is 5.12.